The molecule has 112 valence electrons. The van der Waals surface area contributed by atoms with Crippen LogP contribution in [0.4, 0.5) is 0 Å². The molecule has 0 radical (unpaired) electrons. The second-order valence-electron chi connectivity index (χ2n) is 5.94. The molecular weight excluding hydrogens is 262 g/mol. The Kier molecular flexibility index (Phi) is 4.02. The minimum absolute atomic E-state index is 0.481. The Morgan fingerprint density at radius 1 is 1.24 bits per heavy atom. The van der Waals surface area contributed by atoms with Crippen molar-refractivity contribution in [1.82, 2.24) is 5.32 Å². The predicted octanol–water partition coefficient (Wildman–Crippen LogP) is 4.04. The van der Waals surface area contributed by atoms with Gasteiger partial charge in [-0.1, -0.05) is 12.1 Å². The summed E-state index contributed by atoms with van der Waals surface area (Å²) in [6.45, 7) is 7.58. The molecule has 1 fully saturated rings. The fraction of sp³-hybridized carbons (Fsp3) is 0.444. The standard InChI is InChI=1S/C18H23NO2/c1-12-5-4-6-18(13(12)2)20-11-17-9-15(14(3)21-17)10-19-16-7-8-16/h4-6,9,16,19H,7-8,10-11H2,1-3H3. The highest BCUT2D eigenvalue weighted by atomic mass is 16.5. The molecule has 3 heteroatoms. The van der Waals surface area contributed by atoms with Gasteiger partial charge in [-0.3, -0.25) is 0 Å². The van der Waals surface area contributed by atoms with E-state index in [0.29, 0.717) is 12.6 Å². The third kappa shape index (κ3) is 3.48. The zero-order chi connectivity index (χ0) is 14.8. The van der Waals surface area contributed by atoms with Gasteiger partial charge in [-0.15, -0.1) is 0 Å². The summed E-state index contributed by atoms with van der Waals surface area (Å²) >= 11 is 0. The van der Waals surface area contributed by atoms with Crippen LogP contribution in [0.3, 0.4) is 0 Å². The molecule has 1 aliphatic rings. The molecule has 1 saturated carbocycles. The number of hydrogen-bond donors (Lipinski definition) is 1. The van der Waals surface area contributed by atoms with Crippen molar-refractivity contribution in [3.05, 3.63) is 52.5 Å². The van der Waals surface area contributed by atoms with Gasteiger partial charge in [0.1, 0.15) is 23.9 Å². The first-order valence-corrected chi connectivity index (χ1v) is 7.64. The average Bonchev–Trinajstić information content (AvgIpc) is 3.22. The molecule has 0 bridgehead atoms. The Hall–Kier alpha value is -1.74. The van der Waals surface area contributed by atoms with Gasteiger partial charge >= 0.3 is 0 Å². The molecule has 3 rings (SSSR count). The Morgan fingerprint density at radius 3 is 2.81 bits per heavy atom. The lowest BCUT2D eigenvalue weighted by atomic mass is 10.1. The predicted molar refractivity (Wildman–Crippen MR) is 83.6 cm³/mol. The number of aryl methyl sites for hydroxylation is 2. The van der Waals surface area contributed by atoms with Crippen LogP contribution in [-0.2, 0) is 13.2 Å². The van der Waals surface area contributed by atoms with E-state index in [-0.39, 0.29) is 0 Å². The van der Waals surface area contributed by atoms with E-state index in [2.05, 4.69) is 31.3 Å². The fourth-order valence-corrected chi connectivity index (χ4v) is 2.41. The molecule has 0 aliphatic heterocycles. The molecule has 1 aliphatic carbocycles. The van der Waals surface area contributed by atoms with Crippen molar-refractivity contribution in [2.45, 2.75) is 52.8 Å². The third-order valence-electron chi connectivity index (χ3n) is 4.16. The maximum atomic E-state index is 5.90. The SMILES string of the molecule is Cc1cccc(OCc2cc(CNC3CC3)c(C)o2)c1C. The highest BCUT2D eigenvalue weighted by Gasteiger charge is 2.21. The van der Waals surface area contributed by atoms with Crippen LogP contribution in [0.1, 0.15) is 41.1 Å². The Morgan fingerprint density at radius 2 is 2.05 bits per heavy atom. The first kappa shape index (κ1) is 14.2. The van der Waals surface area contributed by atoms with Crippen LogP contribution in [0.25, 0.3) is 0 Å². The van der Waals surface area contributed by atoms with Crippen molar-refractivity contribution in [3.63, 3.8) is 0 Å². The lowest BCUT2D eigenvalue weighted by Gasteiger charge is -2.09. The first-order valence-electron chi connectivity index (χ1n) is 7.64. The molecular formula is C18H23NO2. The highest BCUT2D eigenvalue weighted by molar-refractivity contribution is 5.38. The van der Waals surface area contributed by atoms with Crippen LogP contribution in [0, 0.1) is 20.8 Å². The summed E-state index contributed by atoms with van der Waals surface area (Å²) < 4.78 is 11.7. The zero-order valence-corrected chi connectivity index (χ0v) is 13.0. The summed E-state index contributed by atoms with van der Waals surface area (Å²) in [5.41, 5.74) is 3.68. The molecule has 21 heavy (non-hydrogen) atoms. The van der Waals surface area contributed by atoms with Gasteiger partial charge in [-0.05, 0) is 56.9 Å². The second-order valence-corrected chi connectivity index (χ2v) is 5.94. The first-order chi connectivity index (χ1) is 10.1. The normalized spacial score (nSPS) is 14.4. The van der Waals surface area contributed by atoms with E-state index in [4.69, 9.17) is 9.15 Å². The lowest BCUT2D eigenvalue weighted by Crippen LogP contribution is -2.15. The molecule has 0 atom stereocenters. The van der Waals surface area contributed by atoms with Crippen LogP contribution in [0.2, 0.25) is 0 Å². The van der Waals surface area contributed by atoms with E-state index in [1.165, 1.54) is 29.5 Å². The van der Waals surface area contributed by atoms with E-state index in [1.54, 1.807) is 0 Å². The van der Waals surface area contributed by atoms with Crippen molar-refractivity contribution in [1.29, 1.82) is 0 Å². The molecule has 0 amide bonds. The van der Waals surface area contributed by atoms with Crippen molar-refractivity contribution >= 4 is 0 Å². The molecule has 0 unspecified atom stereocenters. The van der Waals surface area contributed by atoms with Gasteiger partial charge in [-0.25, -0.2) is 0 Å². The number of ether oxygens (including phenoxy) is 1. The van der Waals surface area contributed by atoms with Gasteiger partial charge in [0.05, 0.1) is 0 Å². The maximum absolute atomic E-state index is 5.90. The molecule has 1 aromatic heterocycles. The molecule has 3 nitrogen and oxygen atoms in total. The number of rotatable bonds is 6. The quantitative estimate of drug-likeness (QED) is 0.870. The minimum Gasteiger partial charge on any atom is -0.485 e. The maximum Gasteiger partial charge on any atom is 0.146 e. The van der Waals surface area contributed by atoms with Gasteiger partial charge in [0.2, 0.25) is 0 Å². The van der Waals surface area contributed by atoms with E-state index >= 15 is 0 Å². The summed E-state index contributed by atoms with van der Waals surface area (Å²) in [7, 11) is 0. The van der Waals surface area contributed by atoms with Crippen molar-refractivity contribution in [3.8, 4) is 5.75 Å². The van der Waals surface area contributed by atoms with Crippen LogP contribution < -0.4 is 10.1 Å². The van der Waals surface area contributed by atoms with Crippen LogP contribution in [0.15, 0.2) is 28.7 Å². The number of benzene rings is 1. The second kappa shape index (κ2) is 5.94. The monoisotopic (exact) mass is 285 g/mol. The topological polar surface area (TPSA) is 34.4 Å². The lowest BCUT2D eigenvalue weighted by molar-refractivity contribution is 0.266. The zero-order valence-electron chi connectivity index (χ0n) is 13.0. The van der Waals surface area contributed by atoms with E-state index in [1.807, 2.05) is 19.1 Å². The van der Waals surface area contributed by atoms with E-state index in [9.17, 15) is 0 Å². The molecule has 1 aromatic carbocycles. The number of hydrogen-bond acceptors (Lipinski definition) is 3. The molecule has 0 saturated heterocycles. The van der Waals surface area contributed by atoms with Gasteiger partial charge in [0, 0.05) is 18.2 Å². The van der Waals surface area contributed by atoms with Crippen molar-refractivity contribution in [2.24, 2.45) is 0 Å². The Balaban J connectivity index is 1.62. The largest absolute Gasteiger partial charge is 0.485 e. The van der Waals surface area contributed by atoms with Crippen molar-refractivity contribution < 1.29 is 9.15 Å². The molecule has 0 spiro atoms. The summed E-state index contributed by atoms with van der Waals surface area (Å²) in [4.78, 5) is 0. The van der Waals surface area contributed by atoms with Gasteiger partial charge in [0.25, 0.3) is 0 Å². The summed E-state index contributed by atoms with van der Waals surface area (Å²) in [6.07, 6.45) is 2.61. The van der Waals surface area contributed by atoms with Gasteiger partial charge < -0.3 is 14.5 Å². The highest BCUT2D eigenvalue weighted by Crippen LogP contribution is 2.24. The molecule has 1 N–H and O–H groups in total. The third-order valence-corrected chi connectivity index (χ3v) is 4.16. The minimum atomic E-state index is 0.481. The smallest absolute Gasteiger partial charge is 0.146 e. The van der Waals surface area contributed by atoms with Crippen molar-refractivity contribution in [2.75, 3.05) is 0 Å². The summed E-state index contributed by atoms with van der Waals surface area (Å²) in [5.74, 6) is 2.81. The van der Waals surface area contributed by atoms with Crippen LogP contribution in [0.5, 0.6) is 5.75 Å². The number of nitrogens with one attached hydrogen (secondary N) is 1. The van der Waals surface area contributed by atoms with E-state index < -0.39 is 0 Å². The van der Waals surface area contributed by atoms with Crippen LogP contribution >= 0.6 is 0 Å². The van der Waals surface area contributed by atoms with E-state index in [0.717, 1.165) is 23.8 Å². The fourth-order valence-electron chi connectivity index (χ4n) is 2.41. The number of furan rings is 1. The summed E-state index contributed by atoms with van der Waals surface area (Å²) in [5, 5.41) is 3.52. The van der Waals surface area contributed by atoms with Crippen LogP contribution in [-0.4, -0.2) is 6.04 Å². The Labute approximate surface area is 126 Å². The molecule has 1 heterocycles. The van der Waals surface area contributed by atoms with Gasteiger partial charge in [-0.2, -0.15) is 0 Å². The summed E-state index contributed by atoms with van der Waals surface area (Å²) in [6, 6.07) is 8.95. The van der Waals surface area contributed by atoms with Gasteiger partial charge in [0.15, 0.2) is 0 Å². The Bertz CT molecular complexity index is 626. The molecule has 2 aromatic rings. The average molecular weight is 285 g/mol.